The van der Waals surface area contributed by atoms with Crippen LogP contribution < -0.4 is 4.74 Å². The van der Waals surface area contributed by atoms with E-state index in [0.717, 1.165) is 35.8 Å². The van der Waals surface area contributed by atoms with E-state index in [4.69, 9.17) is 10.00 Å². The van der Waals surface area contributed by atoms with E-state index in [9.17, 15) is 0 Å². The predicted octanol–water partition coefficient (Wildman–Crippen LogP) is 4.26. The van der Waals surface area contributed by atoms with E-state index in [0.29, 0.717) is 0 Å². The summed E-state index contributed by atoms with van der Waals surface area (Å²) in [5.41, 5.74) is 1.98. The second-order valence-corrected chi connectivity index (χ2v) is 5.48. The number of ether oxygens (including phenoxy) is 1. The minimum absolute atomic E-state index is 0.718. The zero-order chi connectivity index (χ0) is 14.0. The lowest BCUT2D eigenvalue weighted by Gasteiger charge is -2.05. The van der Waals surface area contributed by atoms with Crippen LogP contribution in [-0.2, 0) is 5.75 Å². The number of para-hydroxylation sites is 1. The Balaban J connectivity index is 1.58. The highest BCUT2D eigenvalue weighted by molar-refractivity contribution is 7.98. The second kappa shape index (κ2) is 8.29. The molecule has 0 bridgehead atoms. The third-order valence-electron chi connectivity index (χ3n) is 2.80. The molecule has 2 aromatic rings. The van der Waals surface area contributed by atoms with Crippen molar-refractivity contribution in [3.63, 3.8) is 0 Å². The summed E-state index contributed by atoms with van der Waals surface area (Å²) in [6.45, 7) is 0.754. The van der Waals surface area contributed by atoms with E-state index >= 15 is 0 Å². The summed E-state index contributed by atoms with van der Waals surface area (Å²) >= 11 is 1.89. The molecular formula is C17H17NOS. The van der Waals surface area contributed by atoms with Gasteiger partial charge in [-0.15, -0.1) is 0 Å². The van der Waals surface area contributed by atoms with Crippen molar-refractivity contribution in [2.24, 2.45) is 0 Å². The van der Waals surface area contributed by atoms with E-state index in [2.05, 4.69) is 6.07 Å². The Morgan fingerprint density at radius 3 is 2.45 bits per heavy atom. The first-order valence-corrected chi connectivity index (χ1v) is 7.78. The molecule has 102 valence electrons. The molecule has 2 nitrogen and oxygen atoms in total. The Hall–Kier alpha value is -1.92. The van der Waals surface area contributed by atoms with Crippen LogP contribution in [0.25, 0.3) is 0 Å². The molecule has 3 heteroatoms. The summed E-state index contributed by atoms with van der Waals surface area (Å²) < 4.78 is 5.64. The van der Waals surface area contributed by atoms with Gasteiger partial charge in [0.05, 0.1) is 18.2 Å². The molecule has 0 aliphatic heterocycles. The van der Waals surface area contributed by atoms with Crippen LogP contribution in [0.3, 0.4) is 0 Å². The zero-order valence-electron chi connectivity index (χ0n) is 11.3. The van der Waals surface area contributed by atoms with Gasteiger partial charge in [-0.3, -0.25) is 0 Å². The Morgan fingerprint density at radius 2 is 1.75 bits per heavy atom. The van der Waals surface area contributed by atoms with Gasteiger partial charge >= 0.3 is 0 Å². The Kier molecular flexibility index (Phi) is 6.01. The van der Waals surface area contributed by atoms with Gasteiger partial charge in [-0.05, 0) is 42.0 Å². The van der Waals surface area contributed by atoms with Crippen LogP contribution in [0.2, 0.25) is 0 Å². The second-order valence-electron chi connectivity index (χ2n) is 4.38. The van der Waals surface area contributed by atoms with E-state index in [-0.39, 0.29) is 0 Å². The molecular weight excluding hydrogens is 266 g/mol. The number of nitrogens with zero attached hydrogens (tertiary/aromatic N) is 1. The topological polar surface area (TPSA) is 33.0 Å². The molecule has 0 heterocycles. The Bertz CT molecular complexity index is 545. The lowest BCUT2D eigenvalue weighted by Crippen LogP contribution is -1.98. The van der Waals surface area contributed by atoms with Crippen molar-refractivity contribution in [1.29, 1.82) is 5.26 Å². The van der Waals surface area contributed by atoms with Gasteiger partial charge in [-0.1, -0.05) is 30.3 Å². The maximum Gasteiger partial charge on any atom is 0.119 e. The van der Waals surface area contributed by atoms with Gasteiger partial charge in [-0.2, -0.15) is 17.0 Å². The minimum atomic E-state index is 0.718. The fraction of sp³-hybridized carbons (Fsp3) is 0.235. The van der Waals surface area contributed by atoms with Crippen molar-refractivity contribution in [3.05, 3.63) is 65.7 Å². The molecule has 0 atom stereocenters. The number of hydrogen-bond acceptors (Lipinski definition) is 3. The monoisotopic (exact) mass is 283 g/mol. The van der Waals surface area contributed by atoms with E-state index < -0.39 is 0 Å². The Labute approximate surface area is 124 Å². The average Bonchev–Trinajstić information content (AvgIpc) is 2.52. The summed E-state index contributed by atoms with van der Waals surface area (Å²) in [6.07, 6.45) is 1.04. The van der Waals surface area contributed by atoms with Crippen LogP contribution in [0.1, 0.15) is 17.5 Å². The van der Waals surface area contributed by atoms with E-state index in [1.165, 1.54) is 5.56 Å². The van der Waals surface area contributed by atoms with Gasteiger partial charge in [0.15, 0.2) is 0 Å². The lowest BCUT2D eigenvalue weighted by molar-refractivity contribution is 0.318. The summed E-state index contributed by atoms with van der Waals surface area (Å²) in [7, 11) is 0. The molecule has 0 aliphatic rings. The van der Waals surface area contributed by atoms with Crippen LogP contribution in [0.4, 0.5) is 0 Å². The highest BCUT2D eigenvalue weighted by atomic mass is 32.2. The standard InChI is InChI=1S/C17H17NOS/c18-13-15-7-9-16(10-8-15)14-20-12-4-11-19-17-5-2-1-3-6-17/h1-3,5-10H,4,11-12,14H2. The number of thioether (sulfide) groups is 1. The fourth-order valence-electron chi connectivity index (χ4n) is 1.73. The number of rotatable bonds is 7. The van der Waals surface area contributed by atoms with Crippen molar-refractivity contribution < 1.29 is 4.74 Å². The minimum Gasteiger partial charge on any atom is -0.494 e. The number of nitriles is 1. The van der Waals surface area contributed by atoms with Gasteiger partial charge in [0.1, 0.15) is 5.75 Å². The van der Waals surface area contributed by atoms with E-state index in [1.807, 2.05) is 66.4 Å². The first-order valence-electron chi connectivity index (χ1n) is 6.63. The molecule has 0 amide bonds. The SMILES string of the molecule is N#Cc1ccc(CSCCCOc2ccccc2)cc1. The maximum atomic E-state index is 8.73. The van der Waals surface area contributed by atoms with Gasteiger partial charge in [0.25, 0.3) is 0 Å². The average molecular weight is 283 g/mol. The smallest absolute Gasteiger partial charge is 0.119 e. The first kappa shape index (κ1) is 14.5. The number of benzene rings is 2. The molecule has 0 fully saturated rings. The predicted molar refractivity (Wildman–Crippen MR) is 83.9 cm³/mol. The molecule has 0 aromatic heterocycles. The van der Waals surface area contributed by atoms with Gasteiger partial charge in [0, 0.05) is 5.75 Å². The van der Waals surface area contributed by atoms with Crippen LogP contribution in [0.15, 0.2) is 54.6 Å². The van der Waals surface area contributed by atoms with Crippen molar-refractivity contribution in [2.45, 2.75) is 12.2 Å². The lowest BCUT2D eigenvalue weighted by atomic mass is 10.2. The van der Waals surface area contributed by atoms with Crippen LogP contribution in [0.5, 0.6) is 5.75 Å². The molecule has 0 spiro atoms. The molecule has 0 N–H and O–H groups in total. The van der Waals surface area contributed by atoms with Crippen LogP contribution in [-0.4, -0.2) is 12.4 Å². The summed E-state index contributed by atoms with van der Waals surface area (Å²) in [5.74, 6) is 2.99. The molecule has 2 rings (SSSR count). The van der Waals surface area contributed by atoms with Gasteiger partial charge in [-0.25, -0.2) is 0 Å². The highest BCUT2D eigenvalue weighted by Gasteiger charge is 1.96. The van der Waals surface area contributed by atoms with Crippen LogP contribution in [0, 0.1) is 11.3 Å². The summed E-state index contributed by atoms with van der Waals surface area (Å²) in [5, 5.41) is 8.73. The van der Waals surface area contributed by atoms with Crippen molar-refractivity contribution >= 4 is 11.8 Å². The summed E-state index contributed by atoms with van der Waals surface area (Å²) in [6, 6.07) is 19.8. The molecule has 2 aromatic carbocycles. The Morgan fingerprint density at radius 1 is 1.00 bits per heavy atom. The molecule has 0 saturated carbocycles. The van der Waals surface area contributed by atoms with Crippen molar-refractivity contribution in [1.82, 2.24) is 0 Å². The van der Waals surface area contributed by atoms with Gasteiger partial charge < -0.3 is 4.74 Å². The normalized spacial score (nSPS) is 9.95. The van der Waals surface area contributed by atoms with Gasteiger partial charge in [0.2, 0.25) is 0 Å². The third-order valence-corrected chi connectivity index (χ3v) is 3.91. The molecule has 20 heavy (non-hydrogen) atoms. The van der Waals surface area contributed by atoms with Crippen LogP contribution >= 0.6 is 11.8 Å². The first-order chi connectivity index (χ1) is 9.88. The number of hydrogen-bond donors (Lipinski definition) is 0. The fourth-order valence-corrected chi connectivity index (χ4v) is 2.63. The van der Waals surface area contributed by atoms with Crippen molar-refractivity contribution in [2.75, 3.05) is 12.4 Å². The highest BCUT2D eigenvalue weighted by Crippen LogP contribution is 2.14. The maximum absolute atomic E-state index is 8.73. The third kappa shape index (κ3) is 4.99. The molecule has 0 aliphatic carbocycles. The molecule has 0 radical (unpaired) electrons. The molecule has 0 unspecified atom stereocenters. The van der Waals surface area contributed by atoms with E-state index in [1.54, 1.807) is 0 Å². The molecule has 0 saturated heterocycles. The summed E-state index contributed by atoms with van der Waals surface area (Å²) in [4.78, 5) is 0. The largest absolute Gasteiger partial charge is 0.494 e. The quantitative estimate of drug-likeness (QED) is 0.712. The zero-order valence-corrected chi connectivity index (χ0v) is 12.1. The van der Waals surface area contributed by atoms with Crippen molar-refractivity contribution in [3.8, 4) is 11.8 Å².